The summed E-state index contributed by atoms with van der Waals surface area (Å²) in [7, 11) is 0. The molecule has 0 fully saturated rings. The van der Waals surface area contributed by atoms with Crippen LogP contribution in [0.4, 0.5) is 0 Å². The highest BCUT2D eigenvalue weighted by Crippen LogP contribution is 2.14. The van der Waals surface area contributed by atoms with Crippen LogP contribution in [0.5, 0.6) is 0 Å². The van der Waals surface area contributed by atoms with Crippen LogP contribution in [0.1, 0.15) is 84.5 Å². The number of hydrogen-bond acceptors (Lipinski definition) is 6. The molecule has 0 saturated carbocycles. The predicted molar refractivity (Wildman–Crippen MR) is 109 cm³/mol. The van der Waals surface area contributed by atoms with Gasteiger partial charge < -0.3 is 14.2 Å². The van der Waals surface area contributed by atoms with Gasteiger partial charge in [0.1, 0.15) is 0 Å². The Hall–Kier alpha value is -1.85. The summed E-state index contributed by atoms with van der Waals surface area (Å²) in [6.07, 6.45) is 10.2. The summed E-state index contributed by atoms with van der Waals surface area (Å²) in [6, 6.07) is 0. The lowest BCUT2D eigenvalue weighted by Crippen LogP contribution is -2.13. The van der Waals surface area contributed by atoms with Gasteiger partial charge >= 0.3 is 17.9 Å². The zero-order valence-corrected chi connectivity index (χ0v) is 17.7. The summed E-state index contributed by atoms with van der Waals surface area (Å²) in [6.45, 7) is 8.66. The Bertz CT molecular complexity index is 446. The minimum atomic E-state index is -0.492. The number of carbonyl (C=O) groups excluding carboxylic acids is 3. The van der Waals surface area contributed by atoms with Gasteiger partial charge in [0.25, 0.3) is 0 Å². The molecule has 6 heteroatoms. The van der Waals surface area contributed by atoms with Crippen molar-refractivity contribution in [1.29, 1.82) is 0 Å². The zero-order valence-electron chi connectivity index (χ0n) is 17.7. The van der Waals surface area contributed by atoms with Crippen molar-refractivity contribution in [3.05, 3.63) is 12.7 Å². The van der Waals surface area contributed by atoms with Crippen LogP contribution in [0.25, 0.3) is 0 Å². The third-order valence-electron chi connectivity index (χ3n) is 4.50. The number of carbonyl (C=O) groups is 3. The van der Waals surface area contributed by atoms with E-state index in [1.54, 1.807) is 0 Å². The lowest BCUT2D eigenvalue weighted by molar-refractivity contribution is -0.146. The summed E-state index contributed by atoms with van der Waals surface area (Å²) in [5.74, 6) is -0.466. The summed E-state index contributed by atoms with van der Waals surface area (Å²) in [5, 5.41) is 0. The standard InChI is InChI=1S/C22H38O6/c1-4-7-9-13-19(5-2)18-28-22(25)14-10-8-11-16-27-21(24)15-12-17-26-20(23)6-3/h6,19H,3-5,7-18H2,1-2H3. The van der Waals surface area contributed by atoms with Crippen LogP contribution < -0.4 is 0 Å². The molecule has 0 aromatic heterocycles. The lowest BCUT2D eigenvalue weighted by Gasteiger charge is -2.14. The molecule has 0 rings (SSSR count). The molecule has 0 amide bonds. The molecule has 0 saturated heterocycles. The van der Waals surface area contributed by atoms with Crippen LogP contribution in [0.3, 0.4) is 0 Å². The average Bonchev–Trinajstić information content (AvgIpc) is 2.70. The van der Waals surface area contributed by atoms with Crippen LogP contribution in [0.15, 0.2) is 12.7 Å². The molecule has 0 radical (unpaired) electrons. The molecule has 0 aromatic rings. The molecule has 6 nitrogen and oxygen atoms in total. The van der Waals surface area contributed by atoms with Crippen molar-refractivity contribution in [3.63, 3.8) is 0 Å². The van der Waals surface area contributed by atoms with Gasteiger partial charge in [0.15, 0.2) is 0 Å². The quantitative estimate of drug-likeness (QED) is 0.143. The van der Waals surface area contributed by atoms with E-state index in [1.807, 2.05) is 0 Å². The number of ether oxygens (including phenoxy) is 3. The van der Waals surface area contributed by atoms with Crippen LogP contribution in [-0.4, -0.2) is 37.7 Å². The van der Waals surface area contributed by atoms with Gasteiger partial charge in [-0.05, 0) is 38.0 Å². The number of hydrogen-bond donors (Lipinski definition) is 0. The molecule has 0 aliphatic carbocycles. The first-order chi connectivity index (χ1) is 13.5. The molecule has 0 aromatic carbocycles. The normalized spacial score (nSPS) is 11.5. The highest BCUT2D eigenvalue weighted by Gasteiger charge is 2.10. The van der Waals surface area contributed by atoms with E-state index in [0.717, 1.165) is 38.2 Å². The van der Waals surface area contributed by atoms with E-state index in [1.165, 1.54) is 19.3 Å². The van der Waals surface area contributed by atoms with Crippen molar-refractivity contribution in [2.75, 3.05) is 19.8 Å². The fourth-order valence-corrected chi connectivity index (χ4v) is 2.63. The monoisotopic (exact) mass is 398 g/mol. The number of unbranched alkanes of at least 4 members (excludes halogenated alkanes) is 4. The minimum absolute atomic E-state index is 0.139. The molecule has 0 aliphatic heterocycles. The minimum Gasteiger partial charge on any atom is -0.466 e. The molecule has 0 bridgehead atoms. The lowest BCUT2D eigenvalue weighted by atomic mass is 10.00. The van der Waals surface area contributed by atoms with E-state index >= 15 is 0 Å². The van der Waals surface area contributed by atoms with E-state index in [2.05, 4.69) is 20.4 Å². The second-order valence-electron chi connectivity index (χ2n) is 6.96. The maximum absolute atomic E-state index is 11.8. The van der Waals surface area contributed by atoms with Crippen molar-refractivity contribution < 1.29 is 28.6 Å². The highest BCUT2D eigenvalue weighted by atomic mass is 16.5. The van der Waals surface area contributed by atoms with Crippen LogP contribution in [0, 0.1) is 5.92 Å². The Kier molecular flexibility index (Phi) is 17.3. The second kappa shape index (κ2) is 18.5. The first-order valence-electron chi connectivity index (χ1n) is 10.6. The molecule has 0 heterocycles. The third-order valence-corrected chi connectivity index (χ3v) is 4.50. The fraction of sp³-hybridized carbons (Fsp3) is 0.773. The smallest absolute Gasteiger partial charge is 0.330 e. The Labute approximate surface area is 170 Å². The summed E-state index contributed by atoms with van der Waals surface area (Å²) >= 11 is 0. The van der Waals surface area contributed by atoms with Crippen LogP contribution >= 0.6 is 0 Å². The molecule has 162 valence electrons. The molecule has 28 heavy (non-hydrogen) atoms. The van der Waals surface area contributed by atoms with Gasteiger partial charge in [-0.2, -0.15) is 0 Å². The summed E-state index contributed by atoms with van der Waals surface area (Å²) in [4.78, 5) is 34.1. The molecule has 1 unspecified atom stereocenters. The number of esters is 3. The van der Waals surface area contributed by atoms with E-state index in [4.69, 9.17) is 14.2 Å². The molecular weight excluding hydrogens is 360 g/mol. The molecular formula is C22H38O6. The van der Waals surface area contributed by atoms with E-state index in [9.17, 15) is 14.4 Å². The van der Waals surface area contributed by atoms with Crippen molar-refractivity contribution in [2.45, 2.75) is 84.5 Å². The van der Waals surface area contributed by atoms with Gasteiger partial charge in [-0.3, -0.25) is 9.59 Å². The van der Waals surface area contributed by atoms with Gasteiger partial charge in [-0.15, -0.1) is 0 Å². The van der Waals surface area contributed by atoms with Crippen molar-refractivity contribution >= 4 is 17.9 Å². The average molecular weight is 399 g/mol. The Balaban J connectivity index is 3.55. The maximum atomic E-state index is 11.8. The topological polar surface area (TPSA) is 78.9 Å². The maximum Gasteiger partial charge on any atom is 0.330 e. The van der Waals surface area contributed by atoms with Gasteiger partial charge in [-0.1, -0.05) is 46.1 Å². The van der Waals surface area contributed by atoms with Crippen molar-refractivity contribution in [1.82, 2.24) is 0 Å². The van der Waals surface area contributed by atoms with E-state index in [0.29, 0.717) is 32.0 Å². The van der Waals surface area contributed by atoms with Gasteiger partial charge in [0, 0.05) is 18.9 Å². The molecule has 0 spiro atoms. The summed E-state index contributed by atoms with van der Waals surface area (Å²) < 4.78 is 15.3. The van der Waals surface area contributed by atoms with E-state index in [-0.39, 0.29) is 25.0 Å². The highest BCUT2D eigenvalue weighted by molar-refractivity contribution is 5.81. The fourth-order valence-electron chi connectivity index (χ4n) is 2.63. The summed E-state index contributed by atoms with van der Waals surface area (Å²) in [5.41, 5.74) is 0. The SMILES string of the molecule is C=CC(=O)OCCCC(=O)OCCCCCC(=O)OCC(CC)CCCCC. The largest absolute Gasteiger partial charge is 0.466 e. The van der Waals surface area contributed by atoms with Crippen LogP contribution in [-0.2, 0) is 28.6 Å². The number of rotatable bonds is 18. The second-order valence-corrected chi connectivity index (χ2v) is 6.96. The predicted octanol–water partition coefficient (Wildman–Crippen LogP) is 4.75. The molecule has 1 atom stereocenters. The van der Waals surface area contributed by atoms with Crippen molar-refractivity contribution in [2.24, 2.45) is 5.92 Å². The Morgan fingerprint density at radius 3 is 2.18 bits per heavy atom. The van der Waals surface area contributed by atoms with E-state index < -0.39 is 5.97 Å². The van der Waals surface area contributed by atoms with Gasteiger partial charge in [-0.25, -0.2) is 4.79 Å². The van der Waals surface area contributed by atoms with Gasteiger partial charge in [0.05, 0.1) is 19.8 Å². The molecule has 0 N–H and O–H groups in total. The zero-order chi connectivity index (χ0) is 21.0. The molecule has 0 aliphatic rings. The third kappa shape index (κ3) is 16.3. The van der Waals surface area contributed by atoms with Crippen molar-refractivity contribution in [3.8, 4) is 0 Å². The van der Waals surface area contributed by atoms with Crippen LogP contribution in [0.2, 0.25) is 0 Å². The van der Waals surface area contributed by atoms with Gasteiger partial charge in [0.2, 0.25) is 0 Å². The first-order valence-corrected chi connectivity index (χ1v) is 10.6. The first kappa shape index (κ1) is 26.1. The Morgan fingerprint density at radius 1 is 0.821 bits per heavy atom. The Morgan fingerprint density at radius 2 is 1.50 bits per heavy atom.